The molecule has 2 fully saturated rings. The molecule has 1 aromatic carbocycles. The quantitative estimate of drug-likeness (QED) is 0.760. The van der Waals surface area contributed by atoms with Crippen LogP contribution in [0.4, 0.5) is 0 Å². The third kappa shape index (κ3) is 6.03. The van der Waals surface area contributed by atoms with Crippen molar-refractivity contribution in [3.8, 4) is 0 Å². The molecule has 0 spiro atoms. The minimum atomic E-state index is 0.139. The van der Waals surface area contributed by atoms with Gasteiger partial charge in [-0.25, -0.2) is 0 Å². The summed E-state index contributed by atoms with van der Waals surface area (Å²) in [6, 6.07) is 8.99. The lowest BCUT2D eigenvalue weighted by Crippen LogP contribution is -2.52. The lowest BCUT2D eigenvalue weighted by atomic mass is 9.96. The second-order valence-electron chi connectivity index (χ2n) is 8.04. The highest BCUT2D eigenvalue weighted by molar-refractivity contribution is 5.76. The van der Waals surface area contributed by atoms with Crippen molar-refractivity contribution in [1.29, 1.82) is 0 Å². The largest absolute Gasteiger partial charge is 0.381 e. The van der Waals surface area contributed by atoms with Crippen molar-refractivity contribution in [3.63, 3.8) is 0 Å². The highest BCUT2D eigenvalue weighted by Gasteiger charge is 2.31. The zero-order chi connectivity index (χ0) is 19.1. The molecule has 2 aliphatic heterocycles. The van der Waals surface area contributed by atoms with Crippen molar-refractivity contribution < 1.29 is 14.3 Å². The molecule has 0 unspecified atom stereocenters. The van der Waals surface area contributed by atoms with Gasteiger partial charge < -0.3 is 14.8 Å². The third-order valence-electron chi connectivity index (χ3n) is 5.82. The van der Waals surface area contributed by atoms with Gasteiger partial charge in [0.2, 0.25) is 5.91 Å². The average Bonchev–Trinajstić information content (AvgIpc) is 3.22. The maximum atomic E-state index is 12.4. The third-order valence-corrected chi connectivity index (χ3v) is 5.82. The molecular formula is C22H34N2O3. The maximum Gasteiger partial charge on any atom is 0.220 e. The predicted molar refractivity (Wildman–Crippen MR) is 107 cm³/mol. The molecule has 2 heterocycles. The number of carbonyl (C=O) groups excluding carboxylic acids is 1. The van der Waals surface area contributed by atoms with Crippen LogP contribution in [0.5, 0.6) is 0 Å². The van der Waals surface area contributed by atoms with E-state index in [1.54, 1.807) is 0 Å². The molecule has 5 nitrogen and oxygen atoms in total. The number of amides is 1. The molecule has 0 aromatic heterocycles. The number of rotatable bonds is 8. The van der Waals surface area contributed by atoms with Gasteiger partial charge in [0.15, 0.2) is 0 Å². The maximum absolute atomic E-state index is 12.4. The standard InChI is InChI=1S/C22H34N2O3/c1-17(2)19-6-3-18(4-7-19)5-8-22(25)23-15-21(20-9-12-27-16-20)24-10-13-26-14-11-24/h3-4,6-7,17,20-21H,5,8-16H2,1-2H3,(H,23,25)/t20-,21-/m0/s1. The van der Waals surface area contributed by atoms with Crippen LogP contribution < -0.4 is 5.32 Å². The summed E-state index contributed by atoms with van der Waals surface area (Å²) in [6.07, 6.45) is 2.41. The number of morpholine rings is 1. The Labute approximate surface area is 163 Å². The minimum Gasteiger partial charge on any atom is -0.381 e. The van der Waals surface area contributed by atoms with E-state index in [1.807, 2.05) is 0 Å². The summed E-state index contributed by atoms with van der Waals surface area (Å²) in [5, 5.41) is 3.18. The van der Waals surface area contributed by atoms with Crippen LogP contribution in [0.15, 0.2) is 24.3 Å². The average molecular weight is 375 g/mol. The zero-order valence-electron chi connectivity index (χ0n) is 16.8. The van der Waals surface area contributed by atoms with Gasteiger partial charge in [-0.15, -0.1) is 0 Å². The first-order valence-corrected chi connectivity index (χ1v) is 10.4. The zero-order valence-corrected chi connectivity index (χ0v) is 16.8. The molecule has 0 aliphatic carbocycles. The second kappa shape index (κ2) is 10.2. The van der Waals surface area contributed by atoms with Gasteiger partial charge in [0.1, 0.15) is 0 Å². The molecule has 0 saturated carbocycles. The molecular weight excluding hydrogens is 340 g/mol. The Balaban J connectivity index is 1.46. The van der Waals surface area contributed by atoms with Gasteiger partial charge in [-0.3, -0.25) is 9.69 Å². The van der Waals surface area contributed by atoms with E-state index in [4.69, 9.17) is 9.47 Å². The van der Waals surface area contributed by atoms with Gasteiger partial charge in [-0.1, -0.05) is 38.1 Å². The summed E-state index contributed by atoms with van der Waals surface area (Å²) in [7, 11) is 0. The van der Waals surface area contributed by atoms with Crippen LogP contribution in [0.25, 0.3) is 0 Å². The highest BCUT2D eigenvalue weighted by atomic mass is 16.5. The summed E-state index contributed by atoms with van der Waals surface area (Å²) < 4.78 is 11.1. The van der Waals surface area contributed by atoms with E-state index in [1.165, 1.54) is 11.1 Å². The molecule has 5 heteroatoms. The number of nitrogens with one attached hydrogen (secondary N) is 1. The fourth-order valence-electron chi connectivity index (χ4n) is 3.99. The van der Waals surface area contributed by atoms with Gasteiger partial charge in [-0.2, -0.15) is 0 Å². The molecule has 1 amide bonds. The monoisotopic (exact) mass is 374 g/mol. The summed E-state index contributed by atoms with van der Waals surface area (Å²) in [4.78, 5) is 14.9. The summed E-state index contributed by atoms with van der Waals surface area (Å²) in [6.45, 7) is 10.2. The fraction of sp³-hybridized carbons (Fsp3) is 0.682. The van der Waals surface area contributed by atoms with Crippen molar-refractivity contribution in [2.45, 2.75) is 45.1 Å². The van der Waals surface area contributed by atoms with Crippen LogP contribution in [0.3, 0.4) is 0 Å². The van der Waals surface area contributed by atoms with Crippen molar-refractivity contribution in [3.05, 3.63) is 35.4 Å². The Morgan fingerprint density at radius 3 is 2.52 bits per heavy atom. The van der Waals surface area contributed by atoms with Gasteiger partial charge in [0, 0.05) is 44.6 Å². The van der Waals surface area contributed by atoms with Crippen molar-refractivity contribution in [2.75, 3.05) is 46.1 Å². The van der Waals surface area contributed by atoms with Crippen LogP contribution in [0.2, 0.25) is 0 Å². The molecule has 2 atom stereocenters. The molecule has 0 radical (unpaired) electrons. The minimum absolute atomic E-state index is 0.139. The van der Waals surface area contributed by atoms with E-state index in [-0.39, 0.29) is 5.91 Å². The SMILES string of the molecule is CC(C)c1ccc(CCC(=O)NC[C@@H]([C@H]2CCOC2)N2CCOCC2)cc1. The smallest absolute Gasteiger partial charge is 0.220 e. The Kier molecular flexibility index (Phi) is 7.68. The van der Waals surface area contributed by atoms with Crippen LogP contribution in [-0.2, 0) is 20.7 Å². The summed E-state index contributed by atoms with van der Waals surface area (Å²) >= 11 is 0. The lowest BCUT2D eigenvalue weighted by molar-refractivity contribution is -0.121. The molecule has 2 saturated heterocycles. The van der Waals surface area contributed by atoms with Gasteiger partial charge in [0.25, 0.3) is 0 Å². The summed E-state index contributed by atoms with van der Waals surface area (Å²) in [5.41, 5.74) is 2.57. The number of ether oxygens (including phenoxy) is 2. The van der Waals surface area contributed by atoms with E-state index < -0.39 is 0 Å². The molecule has 1 N–H and O–H groups in total. The first-order chi connectivity index (χ1) is 13.1. The Morgan fingerprint density at radius 2 is 1.89 bits per heavy atom. The van der Waals surface area contributed by atoms with Crippen molar-refractivity contribution >= 4 is 5.91 Å². The van der Waals surface area contributed by atoms with Gasteiger partial charge >= 0.3 is 0 Å². The molecule has 0 bridgehead atoms. The molecule has 27 heavy (non-hydrogen) atoms. The Bertz CT molecular complexity index is 576. The Morgan fingerprint density at radius 1 is 1.15 bits per heavy atom. The lowest BCUT2D eigenvalue weighted by Gasteiger charge is -2.37. The van der Waals surface area contributed by atoms with E-state index in [0.717, 1.165) is 52.4 Å². The number of benzene rings is 1. The van der Waals surface area contributed by atoms with E-state index >= 15 is 0 Å². The van der Waals surface area contributed by atoms with E-state index in [9.17, 15) is 4.79 Å². The first kappa shape index (κ1) is 20.3. The normalized spacial score (nSPS) is 22.1. The molecule has 1 aromatic rings. The van der Waals surface area contributed by atoms with Gasteiger partial charge in [0.05, 0.1) is 19.8 Å². The number of hydrogen-bond donors (Lipinski definition) is 1. The number of carbonyl (C=O) groups is 1. The van der Waals surface area contributed by atoms with Crippen LogP contribution >= 0.6 is 0 Å². The fourth-order valence-corrected chi connectivity index (χ4v) is 3.99. The first-order valence-electron chi connectivity index (χ1n) is 10.4. The molecule has 3 rings (SSSR count). The molecule has 2 aliphatic rings. The van der Waals surface area contributed by atoms with Gasteiger partial charge in [-0.05, 0) is 29.9 Å². The van der Waals surface area contributed by atoms with E-state index in [2.05, 4.69) is 48.3 Å². The number of nitrogens with zero attached hydrogens (tertiary/aromatic N) is 1. The topological polar surface area (TPSA) is 50.8 Å². The second-order valence-corrected chi connectivity index (χ2v) is 8.04. The Hall–Kier alpha value is -1.43. The highest BCUT2D eigenvalue weighted by Crippen LogP contribution is 2.22. The molecule has 150 valence electrons. The predicted octanol–water partition coefficient (Wildman–Crippen LogP) is 2.60. The van der Waals surface area contributed by atoms with Crippen molar-refractivity contribution in [1.82, 2.24) is 10.2 Å². The number of aryl methyl sites for hydroxylation is 1. The van der Waals surface area contributed by atoms with Crippen molar-refractivity contribution in [2.24, 2.45) is 5.92 Å². The van der Waals surface area contributed by atoms with E-state index in [0.29, 0.717) is 30.8 Å². The summed E-state index contributed by atoms with van der Waals surface area (Å²) in [5.74, 6) is 1.19. The van der Waals surface area contributed by atoms with Crippen LogP contribution in [0.1, 0.15) is 43.7 Å². The van der Waals surface area contributed by atoms with Crippen LogP contribution in [-0.4, -0.2) is 62.9 Å². The van der Waals surface area contributed by atoms with Crippen LogP contribution in [0, 0.1) is 5.92 Å². The number of hydrogen-bond acceptors (Lipinski definition) is 4.